The van der Waals surface area contributed by atoms with E-state index in [2.05, 4.69) is 35.8 Å². The maximum atomic E-state index is 8.65. The normalized spacial score (nSPS) is 20.2. The van der Waals surface area contributed by atoms with Crippen molar-refractivity contribution in [1.82, 2.24) is 4.90 Å². The molecular formula is C16H21NO. The summed E-state index contributed by atoms with van der Waals surface area (Å²) in [6, 6.07) is 9.05. The Hall–Kier alpha value is -1.30. The van der Waals surface area contributed by atoms with Gasteiger partial charge in [-0.15, -0.1) is 0 Å². The maximum Gasteiger partial charge on any atom is 0.104 e. The zero-order valence-corrected chi connectivity index (χ0v) is 11.0. The molecule has 1 heterocycles. The molecule has 0 spiro atoms. The first-order chi connectivity index (χ1) is 8.79. The first kappa shape index (κ1) is 13.1. The van der Waals surface area contributed by atoms with Crippen molar-refractivity contribution >= 4 is 0 Å². The Bertz CT molecular complexity index is 427. The highest BCUT2D eigenvalue weighted by molar-refractivity contribution is 5.36. The van der Waals surface area contributed by atoms with E-state index in [9.17, 15) is 0 Å². The van der Waals surface area contributed by atoms with Crippen molar-refractivity contribution in [3.63, 3.8) is 0 Å². The van der Waals surface area contributed by atoms with Gasteiger partial charge in [-0.1, -0.05) is 30.4 Å². The van der Waals surface area contributed by atoms with Crippen LogP contribution in [0.1, 0.15) is 37.3 Å². The SMILES string of the molecule is CC1CCCCN1Cc1ccc(C#CCO)cc1. The number of rotatable bonds is 2. The van der Waals surface area contributed by atoms with Crippen LogP contribution in [0, 0.1) is 11.8 Å². The second-order valence-corrected chi connectivity index (χ2v) is 4.97. The molecule has 1 atom stereocenters. The molecule has 0 amide bonds. The van der Waals surface area contributed by atoms with Crippen LogP contribution in [-0.4, -0.2) is 29.2 Å². The molecule has 0 aromatic heterocycles. The highest BCUT2D eigenvalue weighted by Gasteiger charge is 2.17. The Labute approximate surface area is 110 Å². The van der Waals surface area contributed by atoms with E-state index in [-0.39, 0.29) is 6.61 Å². The standard InChI is InChI=1S/C16H21NO/c1-14-5-2-3-11-17(14)13-16-9-7-15(8-10-16)6-4-12-18/h7-10,14,18H,2-3,5,11-13H2,1H3. The molecule has 1 aliphatic heterocycles. The summed E-state index contributed by atoms with van der Waals surface area (Å²) in [5.41, 5.74) is 2.32. The largest absolute Gasteiger partial charge is 0.384 e. The van der Waals surface area contributed by atoms with Crippen LogP contribution < -0.4 is 0 Å². The molecule has 0 saturated carbocycles. The van der Waals surface area contributed by atoms with E-state index in [1.54, 1.807) is 0 Å². The van der Waals surface area contributed by atoms with Gasteiger partial charge in [0.05, 0.1) is 0 Å². The Morgan fingerprint density at radius 3 is 2.72 bits per heavy atom. The van der Waals surface area contributed by atoms with Gasteiger partial charge in [-0.05, 0) is 44.0 Å². The van der Waals surface area contributed by atoms with E-state index in [0.29, 0.717) is 6.04 Å². The highest BCUT2D eigenvalue weighted by Crippen LogP contribution is 2.19. The van der Waals surface area contributed by atoms with Crippen LogP contribution in [-0.2, 0) is 6.54 Å². The zero-order chi connectivity index (χ0) is 12.8. The molecule has 0 radical (unpaired) electrons. The average molecular weight is 243 g/mol. The summed E-state index contributed by atoms with van der Waals surface area (Å²) in [7, 11) is 0. The van der Waals surface area contributed by atoms with Crippen LogP contribution in [0.25, 0.3) is 0 Å². The van der Waals surface area contributed by atoms with Crippen LogP contribution >= 0.6 is 0 Å². The summed E-state index contributed by atoms with van der Waals surface area (Å²) in [6.07, 6.45) is 4.01. The Kier molecular flexibility index (Phi) is 4.81. The summed E-state index contributed by atoms with van der Waals surface area (Å²) in [5.74, 6) is 5.59. The molecule has 1 N–H and O–H groups in total. The summed E-state index contributed by atoms with van der Waals surface area (Å²) < 4.78 is 0. The summed E-state index contributed by atoms with van der Waals surface area (Å²) in [5, 5.41) is 8.65. The summed E-state index contributed by atoms with van der Waals surface area (Å²) >= 11 is 0. The number of benzene rings is 1. The van der Waals surface area contributed by atoms with Crippen molar-refractivity contribution in [2.45, 2.75) is 38.8 Å². The van der Waals surface area contributed by atoms with E-state index in [1.807, 2.05) is 12.1 Å². The number of hydrogen-bond donors (Lipinski definition) is 1. The maximum absolute atomic E-state index is 8.65. The number of nitrogens with zero attached hydrogens (tertiary/aromatic N) is 1. The predicted molar refractivity (Wildman–Crippen MR) is 74.1 cm³/mol. The molecule has 1 aromatic carbocycles. The smallest absolute Gasteiger partial charge is 0.104 e. The molecule has 1 fully saturated rings. The van der Waals surface area contributed by atoms with Gasteiger partial charge >= 0.3 is 0 Å². The van der Waals surface area contributed by atoms with Crippen molar-refractivity contribution in [2.75, 3.05) is 13.2 Å². The first-order valence-electron chi connectivity index (χ1n) is 6.72. The minimum absolute atomic E-state index is 0.0763. The number of aliphatic hydroxyl groups excluding tert-OH is 1. The third kappa shape index (κ3) is 3.60. The molecule has 1 aliphatic rings. The second kappa shape index (κ2) is 6.58. The second-order valence-electron chi connectivity index (χ2n) is 4.97. The minimum Gasteiger partial charge on any atom is -0.384 e. The first-order valence-corrected chi connectivity index (χ1v) is 6.72. The lowest BCUT2D eigenvalue weighted by Crippen LogP contribution is -2.36. The molecular weight excluding hydrogens is 222 g/mol. The highest BCUT2D eigenvalue weighted by atomic mass is 16.2. The molecule has 1 unspecified atom stereocenters. The summed E-state index contributed by atoms with van der Waals surface area (Å²) in [6.45, 7) is 4.50. The lowest BCUT2D eigenvalue weighted by atomic mass is 10.0. The topological polar surface area (TPSA) is 23.5 Å². The van der Waals surface area contributed by atoms with Gasteiger partial charge in [0.2, 0.25) is 0 Å². The van der Waals surface area contributed by atoms with Crippen molar-refractivity contribution in [2.24, 2.45) is 0 Å². The fraction of sp³-hybridized carbons (Fsp3) is 0.500. The average Bonchev–Trinajstić information content (AvgIpc) is 2.41. The van der Waals surface area contributed by atoms with Crippen LogP contribution in [0.2, 0.25) is 0 Å². The third-order valence-electron chi connectivity index (χ3n) is 3.59. The molecule has 1 aromatic rings. The molecule has 2 rings (SSSR count). The molecule has 96 valence electrons. The van der Waals surface area contributed by atoms with E-state index in [0.717, 1.165) is 12.1 Å². The van der Waals surface area contributed by atoms with Crippen molar-refractivity contribution in [1.29, 1.82) is 0 Å². The Morgan fingerprint density at radius 2 is 2.06 bits per heavy atom. The minimum atomic E-state index is -0.0763. The number of hydrogen-bond acceptors (Lipinski definition) is 2. The van der Waals surface area contributed by atoms with Crippen LogP contribution in [0.15, 0.2) is 24.3 Å². The van der Waals surface area contributed by atoms with Gasteiger partial charge in [0.1, 0.15) is 6.61 Å². The quantitative estimate of drug-likeness (QED) is 0.806. The van der Waals surface area contributed by atoms with Crippen LogP contribution in [0.4, 0.5) is 0 Å². The predicted octanol–water partition coefficient (Wildman–Crippen LogP) is 2.40. The fourth-order valence-corrected chi connectivity index (χ4v) is 2.46. The van der Waals surface area contributed by atoms with Gasteiger partial charge in [-0.2, -0.15) is 0 Å². The Balaban J connectivity index is 1.97. The Morgan fingerprint density at radius 1 is 1.28 bits per heavy atom. The zero-order valence-electron chi connectivity index (χ0n) is 11.0. The fourth-order valence-electron chi connectivity index (χ4n) is 2.46. The van der Waals surface area contributed by atoms with Crippen molar-refractivity contribution in [3.8, 4) is 11.8 Å². The van der Waals surface area contributed by atoms with E-state index in [4.69, 9.17) is 5.11 Å². The van der Waals surface area contributed by atoms with E-state index in [1.165, 1.54) is 31.4 Å². The molecule has 18 heavy (non-hydrogen) atoms. The summed E-state index contributed by atoms with van der Waals surface area (Å²) in [4.78, 5) is 2.55. The van der Waals surface area contributed by atoms with Crippen LogP contribution in [0.5, 0.6) is 0 Å². The van der Waals surface area contributed by atoms with Gasteiger partial charge in [-0.3, -0.25) is 4.90 Å². The van der Waals surface area contributed by atoms with Gasteiger partial charge in [0.25, 0.3) is 0 Å². The molecule has 2 heteroatoms. The molecule has 2 nitrogen and oxygen atoms in total. The molecule has 1 saturated heterocycles. The molecule has 0 bridgehead atoms. The lowest BCUT2D eigenvalue weighted by molar-refractivity contribution is 0.152. The van der Waals surface area contributed by atoms with Gasteiger partial charge in [0.15, 0.2) is 0 Å². The van der Waals surface area contributed by atoms with E-state index < -0.39 is 0 Å². The van der Waals surface area contributed by atoms with Crippen LogP contribution in [0.3, 0.4) is 0 Å². The number of piperidine rings is 1. The van der Waals surface area contributed by atoms with Gasteiger partial charge in [-0.25, -0.2) is 0 Å². The van der Waals surface area contributed by atoms with Crippen molar-refractivity contribution in [3.05, 3.63) is 35.4 Å². The number of likely N-dealkylation sites (tertiary alicyclic amines) is 1. The van der Waals surface area contributed by atoms with Crippen molar-refractivity contribution < 1.29 is 5.11 Å². The van der Waals surface area contributed by atoms with Gasteiger partial charge < -0.3 is 5.11 Å². The van der Waals surface area contributed by atoms with E-state index >= 15 is 0 Å². The third-order valence-corrected chi connectivity index (χ3v) is 3.59. The van der Waals surface area contributed by atoms with Gasteiger partial charge in [0, 0.05) is 18.2 Å². The molecule has 0 aliphatic carbocycles. The number of aliphatic hydroxyl groups is 1. The monoisotopic (exact) mass is 243 g/mol. The lowest BCUT2D eigenvalue weighted by Gasteiger charge is -2.33.